The number of rotatable bonds is 2. The molecule has 1 heterocycles. The maximum Gasteiger partial charge on any atom is 0.416 e. The van der Waals surface area contributed by atoms with Crippen LogP contribution in [0, 0.1) is 0 Å². The molecule has 0 spiro atoms. The number of aliphatic hydroxyl groups excluding tert-OH is 1. The zero-order valence-electron chi connectivity index (χ0n) is 14.6. The number of fused-ring (bicyclic) bond motifs is 3. The molecular weight excluding hydrogens is 373 g/mol. The zero-order valence-corrected chi connectivity index (χ0v) is 14.6. The number of halogens is 3. The summed E-state index contributed by atoms with van der Waals surface area (Å²) in [7, 11) is 1.38. The van der Waals surface area contributed by atoms with E-state index in [-0.39, 0.29) is 22.6 Å². The average Bonchev–Trinajstić information content (AvgIpc) is 2.66. The highest BCUT2D eigenvalue weighted by Gasteiger charge is 2.36. The molecule has 3 aromatic rings. The molecule has 1 aliphatic rings. The van der Waals surface area contributed by atoms with Crippen molar-refractivity contribution >= 4 is 16.3 Å². The molecule has 1 unspecified atom stereocenters. The lowest BCUT2D eigenvalue weighted by atomic mass is 9.88. The van der Waals surface area contributed by atoms with E-state index < -0.39 is 17.8 Å². The standard InChI is InChI=1S/C21H15F3O4/c1-27-18-9-13-11(8-16(18)25)6-7-17-19(13)20(26)14(10-28-17)12-4-2-3-5-15(12)21(22,23)24/h2-10,20,25-26H,1H3. The van der Waals surface area contributed by atoms with Crippen LogP contribution in [-0.4, -0.2) is 17.3 Å². The summed E-state index contributed by atoms with van der Waals surface area (Å²) in [6, 6.07) is 11.3. The summed E-state index contributed by atoms with van der Waals surface area (Å²) in [6.07, 6.45) is -4.79. The van der Waals surface area contributed by atoms with Crippen molar-refractivity contribution in [1.29, 1.82) is 0 Å². The van der Waals surface area contributed by atoms with Crippen molar-refractivity contribution in [2.45, 2.75) is 12.3 Å². The highest BCUT2D eigenvalue weighted by molar-refractivity contribution is 5.93. The average molecular weight is 388 g/mol. The molecule has 0 bridgehead atoms. The molecule has 0 radical (unpaired) electrons. The van der Waals surface area contributed by atoms with Gasteiger partial charge in [0.1, 0.15) is 11.9 Å². The number of alkyl halides is 3. The maximum atomic E-state index is 13.4. The monoisotopic (exact) mass is 388 g/mol. The molecule has 1 aliphatic heterocycles. The van der Waals surface area contributed by atoms with Crippen LogP contribution in [0.15, 0.2) is 54.8 Å². The third-order valence-electron chi connectivity index (χ3n) is 4.75. The lowest BCUT2D eigenvalue weighted by molar-refractivity contribution is -0.137. The van der Waals surface area contributed by atoms with E-state index in [1.165, 1.54) is 37.4 Å². The number of phenolic OH excluding ortho intramolecular Hbond substituents is 1. The molecule has 0 amide bonds. The topological polar surface area (TPSA) is 58.9 Å². The summed E-state index contributed by atoms with van der Waals surface area (Å²) in [4.78, 5) is 0. The van der Waals surface area contributed by atoms with Crippen molar-refractivity contribution in [1.82, 2.24) is 0 Å². The van der Waals surface area contributed by atoms with E-state index in [2.05, 4.69) is 0 Å². The molecule has 1 atom stereocenters. The highest BCUT2D eigenvalue weighted by Crippen LogP contribution is 2.47. The molecule has 2 N–H and O–H groups in total. The minimum atomic E-state index is -4.58. The molecule has 0 aromatic heterocycles. The number of hydrogen-bond donors (Lipinski definition) is 2. The quantitative estimate of drug-likeness (QED) is 0.646. The van der Waals surface area contributed by atoms with Gasteiger partial charge in [0, 0.05) is 11.1 Å². The Morgan fingerprint density at radius 2 is 1.82 bits per heavy atom. The van der Waals surface area contributed by atoms with E-state index in [4.69, 9.17) is 9.47 Å². The summed E-state index contributed by atoms with van der Waals surface area (Å²) >= 11 is 0. The van der Waals surface area contributed by atoms with E-state index in [1.54, 1.807) is 12.1 Å². The van der Waals surface area contributed by atoms with E-state index in [9.17, 15) is 23.4 Å². The minimum Gasteiger partial charge on any atom is -0.504 e. The lowest BCUT2D eigenvalue weighted by Gasteiger charge is -2.26. The SMILES string of the molecule is COc1cc2c3c(ccc2cc1O)OC=C(c1ccccc1C(F)(F)F)C3O. The van der Waals surface area contributed by atoms with Gasteiger partial charge in [-0.2, -0.15) is 13.2 Å². The van der Waals surface area contributed by atoms with Crippen molar-refractivity contribution in [3.05, 3.63) is 71.5 Å². The van der Waals surface area contributed by atoms with Crippen LogP contribution in [0.5, 0.6) is 17.2 Å². The minimum absolute atomic E-state index is 0.0000307. The largest absolute Gasteiger partial charge is 0.504 e. The molecule has 0 aliphatic carbocycles. The number of aromatic hydroxyl groups is 1. The summed E-state index contributed by atoms with van der Waals surface area (Å²) in [6.45, 7) is 0. The Morgan fingerprint density at radius 1 is 1.07 bits per heavy atom. The van der Waals surface area contributed by atoms with Crippen LogP contribution in [0.4, 0.5) is 13.2 Å². The normalized spacial score (nSPS) is 16.3. The van der Waals surface area contributed by atoms with Crippen molar-refractivity contribution in [2.75, 3.05) is 7.11 Å². The summed E-state index contributed by atoms with van der Waals surface area (Å²) in [5.74, 6) is 0.417. The Labute approximate surface area is 158 Å². The Balaban J connectivity index is 1.91. The number of ether oxygens (including phenoxy) is 2. The van der Waals surface area contributed by atoms with Gasteiger partial charge in [0.25, 0.3) is 0 Å². The first-order valence-corrected chi connectivity index (χ1v) is 8.36. The van der Waals surface area contributed by atoms with Crippen molar-refractivity contribution in [2.24, 2.45) is 0 Å². The lowest BCUT2D eigenvalue weighted by Crippen LogP contribution is -2.15. The Hall–Kier alpha value is -3.19. The molecule has 144 valence electrons. The van der Waals surface area contributed by atoms with Gasteiger partial charge in [-0.25, -0.2) is 0 Å². The van der Waals surface area contributed by atoms with Gasteiger partial charge in [-0.15, -0.1) is 0 Å². The van der Waals surface area contributed by atoms with E-state index in [0.29, 0.717) is 22.1 Å². The summed E-state index contributed by atoms with van der Waals surface area (Å²) in [5, 5.41) is 22.1. The van der Waals surface area contributed by atoms with Crippen molar-refractivity contribution < 1.29 is 32.9 Å². The molecule has 0 saturated carbocycles. The van der Waals surface area contributed by atoms with Crippen molar-refractivity contribution in [3.63, 3.8) is 0 Å². The Morgan fingerprint density at radius 3 is 2.54 bits per heavy atom. The maximum absolute atomic E-state index is 13.4. The second-order valence-electron chi connectivity index (χ2n) is 6.36. The fourth-order valence-corrected chi connectivity index (χ4v) is 3.43. The predicted octanol–water partition coefficient (Wildman–Crippen LogP) is 5.04. The molecule has 7 heteroatoms. The van der Waals surface area contributed by atoms with Crippen LogP contribution in [0.3, 0.4) is 0 Å². The van der Waals surface area contributed by atoms with Crippen LogP contribution < -0.4 is 9.47 Å². The molecule has 0 saturated heterocycles. The summed E-state index contributed by atoms with van der Waals surface area (Å²) < 4.78 is 51.0. The molecule has 3 aromatic carbocycles. The second-order valence-corrected chi connectivity index (χ2v) is 6.36. The van der Waals surface area contributed by atoms with Gasteiger partial charge in [-0.1, -0.05) is 24.3 Å². The first kappa shape index (κ1) is 18.2. The van der Waals surface area contributed by atoms with Gasteiger partial charge in [0.2, 0.25) is 0 Å². The molecule has 4 nitrogen and oxygen atoms in total. The smallest absolute Gasteiger partial charge is 0.416 e. The zero-order chi connectivity index (χ0) is 20.1. The fraction of sp³-hybridized carbons (Fsp3) is 0.143. The van der Waals surface area contributed by atoms with Crippen LogP contribution >= 0.6 is 0 Å². The van der Waals surface area contributed by atoms with E-state index in [1.807, 2.05) is 0 Å². The predicted molar refractivity (Wildman–Crippen MR) is 97.2 cm³/mol. The van der Waals surface area contributed by atoms with Gasteiger partial charge in [-0.3, -0.25) is 0 Å². The fourth-order valence-electron chi connectivity index (χ4n) is 3.43. The molecular formula is C21H15F3O4. The molecule has 0 fully saturated rings. The van der Waals surface area contributed by atoms with Gasteiger partial charge >= 0.3 is 6.18 Å². The van der Waals surface area contributed by atoms with Gasteiger partial charge in [-0.05, 0) is 40.6 Å². The third-order valence-corrected chi connectivity index (χ3v) is 4.75. The van der Waals surface area contributed by atoms with E-state index >= 15 is 0 Å². The number of aliphatic hydroxyl groups is 1. The first-order chi connectivity index (χ1) is 13.3. The Bertz CT molecular complexity index is 1100. The van der Waals surface area contributed by atoms with Crippen LogP contribution in [0.2, 0.25) is 0 Å². The van der Waals surface area contributed by atoms with Crippen LogP contribution in [0.25, 0.3) is 16.3 Å². The van der Waals surface area contributed by atoms with Crippen LogP contribution in [-0.2, 0) is 6.18 Å². The Kier molecular flexibility index (Phi) is 4.19. The number of benzene rings is 3. The number of hydrogen-bond acceptors (Lipinski definition) is 4. The summed E-state index contributed by atoms with van der Waals surface area (Å²) in [5.41, 5.74) is -0.705. The van der Waals surface area contributed by atoms with Gasteiger partial charge in [0.15, 0.2) is 11.5 Å². The van der Waals surface area contributed by atoms with Gasteiger partial charge < -0.3 is 19.7 Å². The molecule has 28 heavy (non-hydrogen) atoms. The highest BCUT2D eigenvalue weighted by atomic mass is 19.4. The van der Waals surface area contributed by atoms with Crippen molar-refractivity contribution in [3.8, 4) is 17.2 Å². The number of methoxy groups -OCH3 is 1. The number of phenols is 1. The first-order valence-electron chi connectivity index (χ1n) is 8.36. The second kappa shape index (κ2) is 6.45. The third kappa shape index (κ3) is 2.84. The van der Waals surface area contributed by atoms with E-state index in [0.717, 1.165) is 12.3 Å². The van der Waals surface area contributed by atoms with Gasteiger partial charge in [0.05, 0.1) is 18.9 Å². The molecule has 4 rings (SSSR count). The van der Waals surface area contributed by atoms with Crippen LogP contribution in [0.1, 0.15) is 22.8 Å².